The fourth-order valence-corrected chi connectivity index (χ4v) is 1.70. The zero-order valence-corrected chi connectivity index (χ0v) is 10.9. The summed E-state index contributed by atoms with van der Waals surface area (Å²) < 4.78 is 14.9. The van der Waals surface area contributed by atoms with E-state index in [4.69, 9.17) is 0 Å². The van der Waals surface area contributed by atoms with Gasteiger partial charge in [-0.2, -0.15) is 0 Å². The van der Waals surface area contributed by atoms with Gasteiger partial charge >= 0.3 is 6.03 Å². The Bertz CT molecular complexity index is 578. The summed E-state index contributed by atoms with van der Waals surface area (Å²) in [5.41, 5.74) is 1.36. The third-order valence-electron chi connectivity index (χ3n) is 2.48. The van der Waals surface area contributed by atoms with Gasteiger partial charge in [0.25, 0.3) is 0 Å². The molecule has 0 aliphatic carbocycles. The lowest BCUT2D eigenvalue weighted by molar-refractivity contribution is 0.250. The van der Waals surface area contributed by atoms with Crippen LogP contribution in [-0.4, -0.2) is 16.6 Å². The maximum atomic E-state index is 13.1. The quantitative estimate of drug-likeness (QED) is 0.876. The first-order chi connectivity index (χ1) is 9.04. The molecular formula is C14H16FN3O. The molecule has 0 unspecified atom stereocenters. The van der Waals surface area contributed by atoms with Gasteiger partial charge in [0, 0.05) is 24.1 Å². The van der Waals surface area contributed by atoms with Crippen LogP contribution in [0.3, 0.4) is 0 Å². The molecule has 2 amide bonds. The summed E-state index contributed by atoms with van der Waals surface area (Å²) in [6, 6.07) is 7.83. The Kier molecular flexibility index (Phi) is 3.85. The van der Waals surface area contributed by atoms with Crippen LogP contribution in [-0.2, 0) is 0 Å². The molecule has 2 rings (SSSR count). The van der Waals surface area contributed by atoms with Gasteiger partial charge in [-0.15, -0.1) is 0 Å². The molecule has 1 aromatic carbocycles. The van der Waals surface area contributed by atoms with E-state index < -0.39 is 0 Å². The minimum Gasteiger partial charge on any atom is -0.336 e. The van der Waals surface area contributed by atoms with E-state index in [0.717, 1.165) is 0 Å². The summed E-state index contributed by atoms with van der Waals surface area (Å²) in [6.07, 6.45) is 3.49. The largest absolute Gasteiger partial charge is 0.336 e. The molecule has 0 spiro atoms. The number of benzene rings is 1. The van der Waals surface area contributed by atoms with Gasteiger partial charge in [-0.3, -0.25) is 0 Å². The third-order valence-corrected chi connectivity index (χ3v) is 2.48. The number of nitrogens with one attached hydrogen (secondary N) is 2. The number of urea groups is 1. The average Bonchev–Trinajstić information content (AvgIpc) is 2.76. The summed E-state index contributed by atoms with van der Waals surface area (Å²) >= 11 is 0. The number of aromatic nitrogens is 1. The Morgan fingerprint density at radius 2 is 2.11 bits per heavy atom. The molecule has 0 saturated heterocycles. The number of carbonyl (C=O) groups excluding carboxylic acids is 1. The Labute approximate surface area is 111 Å². The molecule has 1 aromatic heterocycles. The minimum atomic E-state index is -0.293. The number of halogens is 1. The highest BCUT2D eigenvalue weighted by molar-refractivity contribution is 5.89. The predicted octanol–water partition coefficient (Wildman–Crippen LogP) is 3.15. The molecule has 5 heteroatoms. The molecular weight excluding hydrogens is 245 g/mol. The standard InChI is InChI=1S/C14H16FN3O/c1-10(2)16-14(19)17-12-6-7-18(9-12)13-5-3-4-11(15)8-13/h3-10H,1-2H3,(H2,16,17,19). The molecule has 100 valence electrons. The van der Waals surface area contributed by atoms with Crippen LogP contribution in [0.4, 0.5) is 14.9 Å². The number of amides is 2. The highest BCUT2D eigenvalue weighted by Crippen LogP contribution is 2.15. The molecule has 0 fully saturated rings. The van der Waals surface area contributed by atoms with Crippen molar-refractivity contribution >= 4 is 11.7 Å². The molecule has 0 atom stereocenters. The Balaban J connectivity index is 2.09. The van der Waals surface area contributed by atoms with E-state index in [2.05, 4.69) is 10.6 Å². The topological polar surface area (TPSA) is 46.1 Å². The normalized spacial score (nSPS) is 10.5. The second-order valence-electron chi connectivity index (χ2n) is 4.54. The van der Waals surface area contributed by atoms with Gasteiger partial charge in [-0.25, -0.2) is 9.18 Å². The minimum absolute atomic E-state index is 0.0744. The highest BCUT2D eigenvalue weighted by atomic mass is 19.1. The van der Waals surface area contributed by atoms with Gasteiger partial charge in [-0.1, -0.05) is 6.07 Å². The van der Waals surface area contributed by atoms with Crippen molar-refractivity contribution in [1.82, 2.24) is 9.88 Å². The van der Waals surface area contributed by atoms with Crippen LogP contribution in [0.25, 0.3) is 5.69 Å². The monoisotopic (exact) mass is 261 g/mol. The van der Waals surface area contributed by atoms with Crippen LogP contribution >= 0.6 is 0 Å². The van der Waals surface area contributed by atoms with E-state index >= 15 is 0 Å². The van der Waals surface area contributed by atoms with Crippen molar-refractivity contribution in [1.29, 1.82) is 0 Å². The lowest BCUT2D eigenvalue weighted by atomic mass is 10.3. The molecule has 0 aliphatic heterocycles. The first kappa shape index (κ1) is 13.1. The smallest absolute Gasteiger partial charge is 0.319 e. The molecule has 0 radical (unpaired) electrons. The van der Waals surface area contributed by atoms with Crippen LogP contribution in [0.1, 0.15) is 13.8 Å². The summed E-state index contributed by atoms with van der Waals surface area (Å²) in [4.78, 5) is 11.5. The van der Waals surface area contributed by atoms with Crippen molar-refractivity contribution in [2.45, 2.75) is 19.9 Å². The van der Waals surface area contributed by atoms with Gasteiger partial charge in [0.05, 0.1) is 5.69 Å². The van der Waals surface area contributed by atoms with E-state index in [-0.39, 0.29) is 17.9 Å². The third kappa shape index (κ3) is 3.58. The molecule has 1 heterocycles. The zero-order chi connectivity index (χ0) is 13.8. The molecule has 4 nitrogen and oxygen atoms in total. The summed E-state index contributed by atoms with van der Waals surface area (Å²) in [7, 11) is 0. The van der Waals surface area contributed by atoms with Gasteiger partial charge in [-0.05, 0) is 38.1 Å². The molecule has 19 heavy (non-hydrogen) atoms. The lowest BCUT2D eigenvalue weighted by Crippen LogP contribution is -2.34. The fourth-order valence-electron chi connectivity index (χ4n) is 1.70. The zero-order valence-electron chi connectivity index (χ0n) is 10.9. The Hall–Kier alpha value is -2.30. The molecule has 2 N–H and O–H groups in total. The summed E-state index contributed by atoms with van der Waals surface area (Å²) in [5, 5.41) is 5.44. The predicted molar refractivity (Wildman–Crippen MR) is 73.0 cm³/mol. The van der Waals surface area contributed by atoms with Gasteiger partial charge in [0.1, 0.15) is 5.82 Å². The van der Waals surface area contributed by atoms with Gasteiger partial charge < -0.3 is 15.2 Å². The van der Waals surface area contributed by atoms with Crippen molar-refractivity contribution < 1.29 is 9.18 Å². The number of carbonyl (C=O) groups is 1. The second-order valence-corrected chi connectivity index (χ2v) is 4.54. The van der Waals surface area contributed by atoms with E-state index in [1.54, 1.807) is 35.2 Å². The van der Waals surface area contributed by atoms with E-state index in [1.165, 1.54) is 12.1 Å². The maximum Gasteiger partial charge on any atom is 0.319 e. The van der Waals surface area contributed by atoms with Gasteiger partial charge in [0.2, 0.25) is 0 Å². The van der Waals surface area contributed by atoms with E-state index in [0.29, 0.717) is 11.4 Å². The fraction of sp³-hybridized carbons (Fsp3) is 0.214. The second kappa shape index (κ2) is 5.56. The molecule has 0 saturated carbocycles. The van der Waals surface area contributed by atoms with Crippen molar-refractivity contribution in [3.63, 3.8) is 0 Å². The van der Waals surface area contributed by atoms with E-state index in [1.807, 2.05) is 13.8 Å². The number of rotatable bonds is 3. The Morgan fingerprint density at radius 3 is 2.79 bits per heavy atom. The van der Waals surface area contributed by atoms with Crippen molar-refractivity contribution in [2.75, 3.05) is 5.32 Å². The number of hydrogen-bond acceptors (Lipinski definition) is 1. The summed E-state index contributed by atoms with van der Waals surface area (Å²) in [5.74, 6) is -0.293. The molecule has 2 aromatic rings. The van der Waals surface area contributed by atoms with E-state index in [9.17, 15) is 9.18 Å². The van der Waals surface area contributed by atoms with Gasteiger partial charge in [0.15, 0.2) is 0 Å². The molecule has 0 aliphatic rings. The van der Waals surface area contributed by atoms with Crippen molar-refractivity contribution in [3.8, 4) is 5.69 Å². The maximum absolute atomic E-state index is 13.1. The first-order valence-electron chi connectivity index (χ1n) is 6.06. The van der Waals surface area contributed by atoms with Crippen LogP contribution in [0.2, 0.25) is 0 Å². The van der Waals surface area contributed by atoms with Crippen LogP contribution in [0, 0.1) is 5.82 Å². The average molecular weight is 261 g/mol. The first-order valence-corrected chi connectivity index (χ1v) is 6.06. The number of anilines is 1. The van der Waals surface area contributed by atoms with Crippen molar-refractivity contribution in [2.24, 2.45) is 0 Å². The van der Waals surface area contributed by atoms with Crippen LogP contribution in [0.5, 0.6) is 0 Å². The Morgan fingerprint density at radius 1 is 1.32 bits per heavy atom. The highest BCUT2D eigenvalue weighted by Gasteiger charge is 2.05. The number of nitrogens with zero attached hydrogens (tertiary/aromatic N) is 1. The molecule has 0 bridgehead atoms. The number of hydrogen-bond donors (Lipinski definition) is 2. The van der Waals surface area contributed by atoms with Crippen LogP contribution < -0.4 is 10.6 Å². The van der Waals surface area contributed by atoms with Crippen molar-refractivity contribution in [3.05, 3.63) is 48.5 Å². The summed E-state index contributed by atoms with van der Waals surface area (Å²) in [6.45, 7) is 3.77. The lowest BCUT2D eigenvalue weighted by Gasteiger charge is -2.08. The van der Waals surface area contributed by atoms with Crippen LogP contribution in [0.15, 0.2) is 42.7 Å². The SMILES string of the molecule is CC(C)NC(=O)Nc1ccn(-c2cccc(F)c2)c1.